The highest BCUT2D eigenvalue weighted by Crippen LogP contribution is 2.18. The second-order valence-electron chi connectivity index (χ2n) is 5.64. The lowest BCUT2D eigenvalue weighted by molar-refractivity contribution is 0.0953. The van der Waals surface area contributed by atoms with Gasteiger partial charge in [0.2, 0.25) is 0 Å². The van der Waals surface area contributed by atoms with E-state index in [2.05, 4.69) is 5.32 Å². The Labute approximate surface area is 150 Å². The van der Waals surface area contributed by atoms with Gasteiger partial charge in [-0.3, -0.25) is 4.90 Å². The Morgan fingerprint density at radius 3 is 2.80 bits per heavy atom. The maximum absolute atomic E-state index is 13.2. The van der Waals surface area contributed by atoms with Crippen molar-refractivity contribution in [3.8, 4) is 11.5 Å². The SMILES string of the molecule is O=C(Oc1ccc(Cl)cc1)N1CCNCC1COc1cccc(F)c1. The van der Waals surface area contributed by atoms with Gasteiger partial charge in [0, 0.05) is 30.7 Å². The number of rotatable bonds is 4. The molecule has 3 rings (SSSR count). The van der Waals surface area contributed by atoms with Crippen molar-refractivity contribution in [3.63, 3.8) is 0 Å². The van der Waals surface area contributed by atoms with Crippen molar-refractivity contribution in [1.29, 1.82) is 0 Å². The molecule has 1 atom stereocenters. The third-order valence-electron chi connectivity index (χ3n) is 3.84. The lowest BCUT2D eigenvalue weighted by Crippen LogP contribution is -2.56. The van der Waals surface area contributed by atoms with Gasteiger partial charge in [-0.1, -0.05) is 17.7 Å². The predicted molar refractivity (Wildman–Crippen MR) is 92.7 cm³/mol. The number of hydrogen-bond donors (Lipinski definition) is 1. The van der Waals surface area contributed by atoms with E-state index < -0.39 is 6.09 Å². The van der Waals surface area contributed by atoms with Gasteiger partial charge in [-0.2, -0.15) is 0 Å². The van der Waals surface area contributed by atoms with Crippen LogP contribution in [0.15, 0.2) is 48.5 Å². The van der Waals surface area contributed by atoms with Crippen LogP contribution in [0.2, 0.25) is 5.02 Å². The summed E-state index contributed by atoms with van der Waals surface area (Å²) in [6, 6.07) is 12.3. The Morgan fingerprint density at radius 2 is 2.04 bits per heavy atom. The van der Waals surface area contributed by atoms with Crippen LogP contribution in [-0.4, -0.2) is 43.3 Å². The molecule has 1 unspecified atom stereocenters. The molecule has 0 bridgehead atoms. The minimum Gasteiger partial charge on any atom is -0.491 e. The summed E-state index contributed by atoms with van der Waals surface area (Å²) in [5.41, 5.74) is 0. The van der Waals surface area contributed by atoms with E-state index in [0.29, 0.717) is 36.2 Å². The molecule has 0 spiro atoms. The molecule has 2 aromatic rings. The molecule has 7 heteroatoms. The molecule has 5 nitrogen and oxygen atoms in total. The first kappa shape index (κ1) is 17.5. The van der Waals surface area contributed by atoms with Crippen molar-refractivity contribution in [3.05, 3.63) is 59.4 Å². The Morgan fingerprint density at radius 1 is 1.24 bits per heavy atom. The molecule has 2 aromatic carbocycles. The van der Waals surface area contributed by atoms with Gasteiger partial charge in [-0.25, -0.2) is 9.18 Å². The van der Waals surface area contributed by atoms with Crippen LogP contribution in [0.25, 0.3) is 0 Å². The van der Waals surface area contributed by atoms with Gasteiger partial charge in [-0.15, -0.1) is 0 Å². The zero-order valence-electron chi connectivity index (χ0n) is 13.5. The van der Waals surface area contributed by atoms with Crippen molar-refractivity contribution in [2.75, 3.05) is 26.2 Å². The molecular weight excluding hydrogens is 347 g/mol. The summed E-state index contributed by atoms with van der Waals surface area (Å²) in [6.45, 7) is 1.99. The second kappa shape index (κ2) is 8.18. The molecule has 1 N–H and O–H groups in total. The zero-order valence-corrected chi connectivity index (χ0v) is 14.2. The molecule has 1 heterocycles. The van der Waals surface area contributed by atoms with Crippen molar-refractivity contribution in [2.45, 2.75) is 6.04 Å². The number of carbonyl (C=O) groups is 1. The highest BCUT2D eigenvalue weighted by molar-refractivity contribution is 6.30. The summed E-state index contributed by atoms with van der Waals surface area (Å²) in [6.07, 6.45) is -0.448. The molecule has 1 fully saturated rings. The van der Waals surface area contributed by atoms with Gasteiger partial charge in [0.05, 0.1) is 6.04 Å². The molecule has 25 heavy (non-hydrogen) atoms. The number of carbonyl (C=O) groups excluding carboxylic acids is 1. The Balaban J connectivity index is 1.61. The highest BCUT2D eigenvalue weighted by Gasteiger charge is 2.28. The standard InChI is InChI=1S/C18H18ClFN2O3/c19-13-4-6-16(7-5-13)25-18(23)22-9-8-21-11-15(22)12-24-17-3-1-2-14(20)10-17/h1-7,10,15,21H,8-9,11-12H2. The van der Waals surface area contributed by atoms with Crippen molar-refractivity contribution in [1.82, 2.24) is 10.2 Å². The third kappa shape index (κ3) is 4.84. The lowest BCUT2D eigenvalue weighted by atomic mass is 10.2. The maximum atomic E-state index is 13.2. The Hall–Kier alpha value is -2.31. The van der Waals surface area contributed by atoms with E-state index in [0.717, 1.165) is 0 Å². The Bertz CT molecular complexity index is 727. The van der Waals surface area contributed by atoms with Crippen LogP contribution in [0.4, 0.5) is 9.18 Å². The number of hydrogen-bond acceptors (Lipinski definition) is 4. The molecule has 0 aromatic heterocycles. The number of nitrogens with one attached hydrogen (secondary N) is 1. The zero-order chi connectivity index (χ0) is 17.6. The smallest absolute Gasteiger partial charge is 0.415 e. The average Bonchev–Trinajstić information content (AvgIpc) is 2.62. The van der Waals surface area contributed by atoms with Gasteiger partial charge in [-0.05, 0) is 36.4 Å². The van der Waals surface area contributed by atoms with E-state index in [1.54, 1.807) is 41.3 Å². The summed E-state index contributed by atoms with van der Waals surface area (Å²) in [5.74, 6) is 0.493. The van der Waals surface area contributed by atoms with Gasteiger partial charge < -0.3 is 14.8 Å². The first-order valence-electron chi connectivity index (χ1n) is 7.95. The van der Waals surface area contributed by atoms with Crippen molar-refractivity contribution < 1.29 is 18.7 Å². The molecular formula is C18H18ClFN2O3. The first-order chi connectivity index (χ1) is 12.1. The number of halogens is 2. The van der Waals surface area contributed by atoms with E-state index in [9.17, 15) is 9.18 Å². The summed E-state index contributed by atoms with van der Waals surface area (Å²) in [5, 5.41) is 3.79. The number of piperazine rings is 1. The topological polar surface area (TPSA) is 50.8 Å². The van der Waals surface area contributed by atoms with Gasteiger partial charge in [0.1, 0.15) is 23.9 Å². The summed E-state index contributed by atoms with van der Waals surface area (Å²) >= 11 is 5.83. The largest absolute Gasteiger partial charge is 0.491 e. The minimum absolute atomic E-state index is 0.211. The normalized spacial score (nSPS) is 17.2. The maximum Gasteiger partial charge on any atom is 0.415 e. The van der Waals surface area contributed by atoms with E-state index in [1.165, 1.54) is 12.1 Å². The van der Waals surface area contributed by atoms with Crippen LogP contribution >= 0.6 is 11.6 Å². The molecule has 0 radical (unpaired) electrons. The number of amides is 1. The van der Waals surface area contributed by atoms with Crippen LogP contribution in [0.1, 0.15) is 0 Å². The van der Waals surface area contributed by atoms with Crippen LogP contribution in [-0.2, 0) is 0 Å². The molecule has 132 valence electrons. The fraction of sp³-hybridized carbons (Fsp3) is 0.278. The summed E-state index contributed by atoms with van der Waals surface area (Å²) in [4.78, 5) is 14.1. The lowest BCUT2D eigenvalue weighted by Gasteiger charge is -2.35. The third-order valence-corrected chi connectivity index (χ3v) is 4.09. The summed E-state index contributed by atoms with van der Waals surface area (Å²) < 4.78 is 24.2. The van der Waals surface area contributed by atoms with Crippen molar-refractivity contribution in [2.24, 2.45) is 0 Å². The second-order valence-corrected chi connectivity index (χ2v) is 6.08. The molecule has 1 amide bonds. The van der Waals surface area contributed by atoms with Crippen molar-refractivity contribution >= 4 is 17.7 Å². The molecule has 0 aliphatic carbocycles. The first-order valence-corrected chi connectivity index (χ1v) is 8.33. The quantitative estimate of drug-likeness (QED) is 0.904. The van der Waals surface area contributed by atoms with E-state index >= 15 is 0 Å². The van der Waals surface area contributed by atoms with Gasteiger partial charge in [0.25, 0.3) is 0 Å². The molecule has 1 saturated heterocycles. The fourth-order valence-electron chi connectivity index (χ4n) is 2.56. The Kier molecular flexibility index (Phi) is 5.73. The number of nitrogens with zero attached hydrogens (tertiary/aromatic N) is 1. The van der Waals surface area contributed by atoms with E-state index in [1.807, 2.05) is 0 Å². The predicted octanol–water partition coefficient (Wildman–Crippen LogP) is 3.33. The van der Waals surface area contributed by atoms with E-state index in [4.69, 9.17) is 21.1 Å². The fourth-order valence-corrected chi connectivity index (χ4v) is 2.69. The van der Waals surface area contributed by atoms with Gasteiger partial charge >= 0.3 is 6.09 Å². The van der Waals surface area contributed by atoms with E-state index in [-0.39, 0.29) is 18.5 Å². The van der Waals surface area contributed by atoms with Crippen LogP contribution in [0.3, 0.4) is 0 Å². The summed E-state index contributed by atoms with van der Waals surface area (Å²) in [7, 11) is 0. The number of benzene rings is 2. The van der Waals surface area contributed by atoms with Crippen LogP contribution in [0, 0.1) is 5.82 Å². The highest BCUT2D eigenvalue weighted by atomic mass is 35.5. The van der Waals surface area contributed by atoms with Crippen LogP contribution < -0.4 is 14.8 Å². The monoisotopic (exact) mass is 364 g/mol. The van der Waals surface area contributed by atoms with Gasteiger partial charge in [0.15, 0.2) is 0 Å². The molecule has 1 aliphatic heterocycles. The molecule has 1 aliphatic rings. The minimum atomic E-state index is -0.448. The van der Waals surface area contributed by atoms with Crippen LogP contribution in [0.5, 0.6) is 11.5 Å². The average molecular weight is 365 g/mol. The number of ether oxygens (including phenoxy) is 2. The molecule has 0 saturated carbocycles.